The highest BCUT2D eigenvalue weighted by molar-refractivity contribution is 7.98. The second kappa shape index (κ2) is 8.77. The Kier molecular flexibility index (Phi) is 5.47. The SMILES string of the molecule is Cc1oc(-c2ccccc2)nc1CSc1nc2c(oc3ccccc32)c(=O)n1C[C@H]1CCCO1. The molecule has 0 spiro atoms. The summed E-state index contributed by atoms with van der Waals surface area (Å²) in [5.41, 5.74) is 3.12. The smallest absolute Gasteiger partial charge is 0.297 e. The van der Waals surface area contributed by atoms with Crippen LogP contribution in [-0.4, -0.2) is 27.2 Å². The molecule has 0 N–H and O–H groups in total. The molecule has 6 rings (SSSR count). The number of nitrogens with zero attached hydrogens (tertiary/aromatic N) is 3. The lowest BCUT2D eigenvalue weighted by atomic mass is 10.2. The molecule has 7 nitrogen and oxygen atoms in total. The van der Waals surface area contributed by atoms with E-state index in [0.717, 1.165) is 41.9 Å². The van der Waals surface area contributed by atoms with Crippen LogP contribution in [0.1, 0.15) is 24.3 Å². The van der Waals surface area contributed by atoms with Crippen LogP contribution in [0.25, 0.3) is 33.5 Å². The number of rotatable bonds is 6. The summed E-state index contributed by atoms with van der Waals surface area (Å²) in [6.07, 6.45) is 1.93. The maximum absolute atomic E-state index is 13.5. The molecule has 1 aliphatic heterocycles. The maximum Gasteiger partial charge on any atom is 0.297 e. The number of para-hydroxylation sites is 1. The van der Waals surface area contributed by atoms with E-state index in [1.54, 1.807) is 4.57 Å². The molecule has 0 unspecified atom stereocenters. The van der Waals surface area contributed by atoms with Gasteiger partial charge in [0.1, 0.15) is 16.9 Å². The van der Waals surface area contributed by atoms with Gasteiger partial charge in [-0.1, -0.05) is 42.1 Å². The zero-order valence-electron chi connectivity index (χ0n) is 18.7. The highest BCUT2D eigenvalue weighted by Crippen LogP contribution is 2.30. The molecule has 34 heavy (non-hydrogen) atoms. The largest absolute Gasteiger partial charge is 0.448 e. The summed E-state index contributed by atoms with van der Waals surface area (Å²) in [6.45, 7) is 3.09. The number of ether oxygens (including phenoxy) is 1. The van der Waals surface area contributed by atoms with Crippen molar-refractivity contribution in [2.45, 2.75) is 43.3 Å². The molecule has 1 saturated heterocycles. The van der Waals surface area contributed by atoms with Crippen molar-refractivity contribution in [3.05, 3.63) is 76.4 Å². The van der Waals surface area contributed by atoms with E-state index in [4.69, 9.17) is 23.5 Å². The van der Waals surface area contributed by atoms with Gasteiger partial charge in [0.15, 0.2) is 5.16 Å². The van der Waals surface area contributed by atoms with Crippen LogP contribution in [0.3, 0.4) is 0 Å². The first-order valence-corrected chi connectivity index (χ1v) is 12.3. The van der Waals surface area contributed by atoms with Crippen LogP contribution < -0.4 is 5.56 Å². The van der Waals surface area contributed by atoms with Crippen molar-refractivity contribution in [2.75, 3.05) is 6.61 Å². The predicted molar refractivity (Wildman–Crippen MR) is 131 cm³/mol. The van der Waals surface area contributed by atoms with Crippen LogP contribution in [0.15, 0.2) is 73.4 Å². The molecule has 3 aromatic heterocycles. The van der Waals surface area contributed by atoms with Crippen molar-refractivity contribution < 1.29 is 13.6 Å². The van der Waals surface area contributed by atoms with E-state index in [9.17, 15) is 4.79 Å². The van der Waals surface area contributed by atoms with Gasteiger partial charge in [-0.2, -0.15) is 0 Å². The number of hydrogen-bond donors (Lipinski definition) is 0. The van der Waals surface area contributed by atoms with Gasteiger partial charge in [-0.05, 0) is 44.0 Å². The summed E-state index contributed by atoms with van der Waals surface area (Å²) in [5.74, 6) is 1.88. The van der Waals surface area contributed by atoms with E-state index in [0.29, 0.717) is 34.4 Å². The molecule has 0 radical (unpaired) electrons. The predicted octanol–water partition coefficient (Wildman–Crippen LogP) is 5.58. The minimum absolute atomic E-state index is 0.000789. The molecule has 0 saturated carbocycles. The first kappa shape index (κ1) is 21.2. The number of hydrogen-bond acceptors (Lipinski definition) is 7. The summed E-state index contributed by atoms with van der Waals surface area (Å²) in [7, 11) is 0. The van der Waals surface area contributed by atoms with Gasteiger partial charge in [0, 0.05) is 23.3 Å². The third-order valence-corrected chi connectivity index (χ3v) is 7.10. The van der Waals surface area contributed by atoms with E-state index >= 15 is 0 Å². The van der Waals surface area contributed by atoms with E-state index in [-0.39, 0.29) is 17.2 Å². The van der Waals surface area contributed by atoms with Gasteiger partial charge in [-0.25, -0.2) is 9.97 Å². The van der Waals surface area contributed by atoms with Crippen molar-refractivity contribution in [3.8, 4) is 11.5 Å². The third kappa shape index (κ3) is 3.82. The lowest BCUT2D eigenvalue weighted by Crippen LogP contribution is -2.28. The lowest BCUT2D eigenvalue weighted by Gasteiger charge is -2.15. The number of aromatic nitrogens is 3. The lowest BCUT2D eigenvalue weighted by molar-refractivity contribution is 0.0937. The van der Waals surface area contributed by atoms with Crippen molar-refractivity contribution >= 4 is 33.8 Å². The fraction of sp³-hybridized carbons (Fsp3) is 0.269. The summed E-state index contributed by atoms with van der Waals surface area (Å²) in [5, 5.41) is 1.47. The molecule has 1 fully saturated rings. The van der Waals surface area contributed by atoms with Gasteiger partial charge >= 0.3 is 0 Å². The Labute approximate surface area is 199 Å². The molecule has 4 heterocycles. The summed E-state index contributed by atoms with van der Waals surface area (Å²) < 4.78 is 19.3. The second-order valence-corrected chi connectivity index (χ2v) is 9.34. The Morgan fingerprint density at radius 3 is 2.71 bits per heavy atom. The van der Waals surface area contributed by atoms with Crippen molar-refractivity contribution in [2.24, 2.45) is 0 Å². The van der Waals surface area contributed by atoms with Crippen LogP contribution in [0.2, 0.25) is 0 Å². The van der Waals surface area contributed by atoms with Crippen LogP contribution in [0, 0.1) is 6.92 Å². The second-order valence-electron chi connectivity index (χ2n) is 8.40. The first-order valence-electron chi connectivity index (χ1n) is 11.4. The number of aryl methyl sites for hydroxylation is 1. The van der Waals surface area contributed by atoms with Crippen LogP contribution in [0.4, 0.5) is 0 Å². The Balaban J connectivity index is 1.38. The van der Waals surface area contributed by atoms with Gasteiger partial charge in [-0.15, -0.1) is 0 Å². The third-order valence-electron chi connectivity index (χ3n) is 6.11. The normalized spacial score (nSPS) is 16.1. The van der Waals surface area contributed by atoms with Gasteiger partial charge in [0.05, 0.1) is 18.3 Å². The van der Waals surface area contributed by atoms with E-state index < -0.39 is 0 Å². The van der Waals surface area contributed by atoms with Crippen LogP contribution in [0.5, 0.6) is 0 Å². The fourth-order valence-corrected chi connectivity index (χ4v) is 5.32. The zero-order valence-corrected chi connectivity index (χ0v) is 19.5. The summed E-state index contributed by atoms with van der Waals surface area (Å²) in [4.78, 5) is 23.1. The average molecular weight is 474 g/mol. The number of furan rings is 1. The molecule has 5 aromatic rings. The number of thioether (sulfide) groups is 1. The van der Waals surface area contributed by atoms with E-state index in [1.807, 2.05) is 61.5 Å². The Morgan fingerprint density at radius 2 is 1.88 bits per heavy atom. The first-order chi connectivity index (χ1) is 16.7. The van der Waals surface area contributed by atoms with Crippen molar-refractivity contribution in [3.63, 3.8) is 0 Å². The van der Waals surface area contributed by atoms with Crippen molar-refractivity contribution in [1.82, 2.24) is 14.5 Å². The standard InChI is InChI=1S/C26H23N3O4S/c1-16-20(27-24(32-16)17-8-3-2-4-9-17)15-34-26-28-22-19-11-5-6-12-21(19)33-23(22)25(30)29(26)14-18-10-7-13-31-18/h2-6,8-9,11-12,18H,7,10,13-15H2,1H3/t18-/m1/s1. The average Bonchev–Trinajstić information content (AvgIpc) is 3.60. The fourth-order valence-electron chi connectivity index (χ4n) is 4.32. The maximum atomic E-state index is 13.5. The molecule has 8 heteroatoms. The molecular weight excluding hydrogens is 450 g/mol. The topological polar surface area (TPSA) is 83.3 Å². The molecular formula is C26H23N3O4S. The number of benzene rings is 2. The Morgan fingerprint density at radius 1 is 1.06 bits per heavy atom. The van der Waals surface area contributed by atoms with Gasteiger partial charge < -0.3 is 13.6 Å². The highest BCUT2D eigenvalue weighted by atomic mass is 32.2. The minimum atomic E-state index is -0.180. The molecule has 0 aliphatic carbocycles. The van der Waals surface area contributed by atoms with Crippen molar-refractivity contribution in [1.29, 1.82) is 0 Å². The Hall–Kier alpha value is -3.36. The summed E-state index contributed by atoms with van der Waals surface area (Å²) >= 11 is 1.48. The quantitative estimate of drug-likeness (QED) is 0.235. The highest BCUT2D eigenvalue weighted by Gasteiger charge is 2.23. The summed E-state index contributed by atoms with van der Waals surface area (Å²) in [6, 6.07) is 17.4. The number of fused-ring (bicyclic) bond motifs is 3. The molecule has 172 valence electrons. The zero-order chi connectivity index (χ0) is 23.1. The Bertz CT molecular complexity index is 1530. The van der Waals surface area contributed by atoms with E-state index in [1.165, 1.54) is 11.8 Å². The van der Waals surface area contributed by atoms with Crippen LogP contribution >= 0.6 is 11.8 Å². The molecule has 1 atom stereocenters. The van der Waals surface area contributed by atoms with Gasteiger partial charge in [0.2, 0.25) is 11.5 Å². The molecule has 0 amide bonds. The number of oxazole rings is 1. The van der Waals surface area contributed by atoms with Gasteiger partial charge in [-0.3, -0.25) is 9.36 Å². The molecule has 2 aromatic carbocycles. The van der Waals surface area contributed by atoms with E-state index in [2.05, 4.69) is 0 Å². The van der Waals surface area contributed by atoms with Crippen LogP contribution in [-0.2, 0) is 17.0 Å². The molecule has 0 bridgehead atoms. The minimum Gasteiger partial charge on any atom is -0.448 e. The van der Waals surface area contributed by atoms with Gasteiger partial charge in [0.25, 0.3) is 5.56 Å². The molecule has 1 aliphatic rings. The monoisotopic (exact) mass is 473 g/mol.